The van der Waals surface area contributed by atoms with Crippen LogP contribution in [-0.2, 0) is 4.79 Å². The van der Waals surface area contributed by atoms with Crippen LogP contribution in [0.15, 0.2) is 47.4 Å². The van der Waals surface area contributed by atoms with E-state index in [1.54, 1.807) is 6.92 Å². The van der Waals surface area contributed by atoms with Crippen LogP contribution in [0.5, 0.6) is 0 Å². The third-order valence-electron chi connectivity index (χ3n) is 2.68. The molecule has 0 unspecified atom stereocenters. The standard InChI is InChI=1S/C15H12F3NOS/c1-9(21-14-7-4-11(17)8-13(14)18)15(20)19-12-5-2-10(16)3-6-12/h2-9H,1H3,(H,19,20)/t9-/m0/s1. The highest BCUT2D eigenvalue weighted by Crippen LogP contribution is 2.27. The maximum Gasteiger partial charge on any atom is 0.237 e. The lowest BCUT2D eigenvalue weighted by atomic mass is 10.3. The van der Waals surface area contributed by atoms with Gasteiger partial charge in [0.1, 0.15) is 17.5 Å². The number of carbonyl (C=O) groups excluding carboxylic acids is 1. The molecule has 0 saturated heterocycles. The van der Waals surface area contributed by atoms with E-state index in [0.717, 1.165) is 23.9 Å². The second-order valence-corrected chi connectivity index (χ2v) is 5.71. The maximum absolute atomic E-state index is 13.5. The Morgan fingerprint density at radius 3 is 2.29 bits per heavy atom. The van der Waals surface area contributed by atoms with Gasteiger partial charge < -0.3 is 5.32 Å². The summed E-state index contributed by atoms with van der Waals surface area (Å²) >= 11 is 0.982. The molecule has 0 heterocycles. The number of rotatable bonds is 4. The molecular weight excluding hydrogens is 299 g/mol. The van der Waals surface area contributed by atoms with Gasteiger partial charge in [-0.1, -0.05) is 0 Å². The van der Waals surface area contributed by atoms with Crippen LogP contribution in [0.2, 0.25) is 0 Å². The molecule has 2 rings (SSSR count). The molecule has 0 radical (unpaired) electrons. The van der Waals surface area contributed by atoms with Crippen LogP contribution in [-0.4, -0.2) is 11.2 Å². The number of nitrogens with one attached hydrogen (secondary N) is 1. The molecule has 6 heteroatoms. The highest BCUT2D eigenvalue weighted by Gasteiger charge is 2.17. The molecule has 0 bridgehead atoms. The summed E-state index contributed by atoms with van der Waals surface area (Å²) in [5.74, 6) is -2.12. The zero-order valence-electron chi connectivity index (χ0n) is 11.1. The van der Waals surface area contributed by atoms with E-state index in [1.807, 2.05) is 0 Å². The monoisotopic (exact) mass is 311 g/mol. The van der Waals surface area contributed by atoms with E-state index in [2.05, 4.69) is 5.32 Å². The highest BCUT2D eigenvalue weighted by atomic mass is 32.2. The van der Waals surface area contributed by atoms with Crippen LogP contribution in [0.1, 0.15) is 6.92 Å². The predicted octanol–water partition coefficient (Wildman–Crippen LogP) is 4.22. The summed E-state index contributed by atoms with van der Waals surface area (Å²) in [7, 11) is 0. The van der Waals surface area contributed by atoms with Gasteiger partial charge in [0.05, 0.1) is 5.25 Å². The van der Waals surface area contributed by atoms with Gasteiger partial charge in [-0.25, -0.2) is 13.2 Å². The molecule has 2 aromatic carbocycles. The first-order valence-corrected chi connectivity index (χ1v) is 7.02. The first-order valence-electron chi connectivity index (χ1n) is 6.14. The largest absolute Gasteiger partial charge is 0.325 e. The minimum absolute atomic E-state index is 0.193. The van der Waals surface area contributed by atoms with E-state index in [-0.39, 0.29) is 10.8 Å². The van der Waals surface area contributed by atoms with Crippen LogP contribution in [0.25, 0.3) is 0 Å². The normalized spacial score (nSPS) is 12.0. The predicted molar refractivity (Wildman–Crippen MR) is 76.7 cm³/mol. The van der Waals surface area contributed by atoms with Crippen molar-refractivity contribution in [3.63, 3.8) is 0 Å². The fourth-order valence-electron chi connectivity index (χ4n) is 1.59. The molecule has 0 fully saturated rings. The van der Waals surface area contributed by atoms with E-state index in [0.29, 0.717) is 5.69 Å². The van der Waals surface area contributed by atoms with Crippen LogP contribution in [0.4, 0.5) is 18.9 Å². The number of anilines is 1. The van der Waals surface area contributed by atoms with Crippen molar-refractivity contribution in [2.24, 2.45) is 0 Å². The van der Waals surface area contributed by atoms with Crippen LogP contribution < -0.4 is 5.32 Å². The van der Waals surface area contributed by atoms with E-state index in [4.69, 9.17) is 0 Å². The molecule has 1 N–H and O–H groups in total. The molecule has 0 aromatic heterocycles. The molecule has 1 atom stereocenters. The van der Waals surface area contributed by atoms with Crippen molar-refractivity contribution >= 4 is 23.4 Å². The van der Waals surface area contributed by atoms with E-state index >= 15 is 0 Å². The van der Waals surface area contributed by atoms with Crippen LogP contribution >= 0.6 is 11.8 Å². The molecule has 110 valence electrons. The first-order chi connectivity index (χ1) is 9.95. The summed E-state index contributed by atoms with van der Waals surface area (Å²) in [5, 5.41) is 2.01. The Labute approximate surface area is 124 Å². The van der Waals surface area contributed by atoms with E-state index < -0.39 is 22.7 Å². The lowest BCUT2D eigenvalue weighted by molar-refractivity contribution is -0.115. The summed E-state index contributed by atoms with van der Waals surface area (Å²) in [5.41, 5.74) is 0.452. The second-order valence-electron chi connectivity index (χ2n) is 4.33. The molecule has 0 spiro atoms. The molecule has 0 aliphatic rings. The van der Waals surface area contributed by atoms with Gasteiger partial charge in [0.2, 0.25) is 5.91 Å². The van der Waals surface area contributed by atoms with Crippen molar-refractivity contribution in [3.8, 4) is 0 Å². The molecule has 1 amide bonds. The van der Waals surface area contributed by atoms with Gasteiger partial charge in [0.25, 0.3) is 0 Å². The highest BCUT2D eigenvalue weighted by molar-refractivity contribution is 8.00. The van der Waals surface area contributed by atoms with Gasteiger partial charge in [-0.05, 0) is 43.3 Å². The Morgan fingerprint density at radius 1 is 1.05 bits per heavy atom. The third kappa shape index (κ3) is 4.26. The van der Waals surface area contributed by atoms with Crippen LogP contribution in [0, 0.1) is 17.5 Å². The van der Waals surface area contributed by atoms with Crippen molar-refractivity contribution in [3.05, 3.63) is 59.9 Å². The first kappa shape index (κ1) is 15.4. The van der Waals surface area contributed by atoms with Crippen molar-refractivity contribution in [1.82, 2.24) is 0 Å². The van der Waals surface area contributed by atoms with Crippen molar-refractivity contribution in [2.75, 3.05) is 5.32 Å². The summed E-state index contributed by atoms with van der Waals surface area (Å²) in [4.78, 5) is 12.2. The average molecular weight is 311 g/mol. The molecular formula is C15H12F3NOS. The number of benzene rings is 2. The third-order valence-corrected chi connectivity index (χ3v) is 3.83. The quantitative estimate of drug-likeness (QED) is 0.856. The van der Waals surface area contributed by atoms with Gasteiger partial charge in [0.15, 0.2) is 0 Å². The fourth-order valence-corrected chi connectivity index (χ4v) is 2.46. The molecule has 0 aliphatic carbocycles. The summed E-state index contributed by atoms with van der Waals surface area (Å²) in [6, 6.07) is 8.52. The van der Waals surface area contributed by atoms with Gasteiger partial charge >= 0.3 is 0 Å². The Bertz CT molecular complexity index is 646. The lowest BCUT2D eigenvalue weighted by Crippen LogP contribution is -2.22. The maximum atomic E-state index is 13.5. The Balaban J connectivity index is 2.00. The number of amides is 1. The van der Waals surface area contributed by atoms with Crippen molar-refractivity contribution < 1.29 is 18.0 Å². The molecule has 2 nitrogen and oxygen atoms in total. The number of hydrogen-bond donors (Lipinski definition) is 1. The smallest absolute Gasteiger partial charge is 0.237 e. The van der Waals surface area contributed by atoms with E-state index in [9.17, 15) is 18.0 Å². The zero-order chi connectivity index (χ0) is 15.4. The van der Waals surface area contributed by atoms with Crippen molar-refractivity contribution in [1.29, 1.82) is 0 Å². The lowest BCUT2D eigenvalue weighted by Gasteiger charge is -2.12. The number of halogens is 3. The molecule has 2 aromatic rings. The zero-order valence-corrected chi connectivity index (χ0v) is 11.9. The fraction of sp³-hybridized carbons (Fsp3) is 0.133. The summed E-state index contributed by atoms with van der Waals surface area (Å²) in [6.07, 6.45) is 0. The average Bonchev–Trinajstić information content (AvgIpc) is 2.44. The Hall–Kier alpha value is -1.95. The minimum Gasteiger partial charge on any atom is -0.325 e. The number of carbonyl (C=O) groups is 1. The van der Waals surface area contributed by atoms with Gasteiger partial charge in [-0.3, -0.25) is 4.79 Å². The Kier molecular flexibility index (Phi) is 4.90. The molecule has 21 heavy (non-hydrogen) atoms. The minimum atomic E-state index is -0.707. The Morgan fingerprint density at radius 2 is 1.67 bits per heavy atom. The second kappa shape index (κ2) is 6.67. The number of hydrogen-bond acceptors (Lipinski definition) is 2. The van der Waals surface area contributed by atoms with E-state index in [1.165, 1.54) is 30.3 Å². The van der Waals surface area contributed by atoms with Crippen LogP contribution in [0.3, 0.4) is 0 Å². The topological polar surface area (TPSA) is 29.1 Å². The van der Waals surface area contributed by atoms with Gasteiger partial charge in [-0.15, -0.1) is 11.8 Å². The van der Waals surface area contributed by atoms with Crippen molar-refractivity contribution in [2.45, 2.75) is 17.1 Å². The summed E-state index contributed by atoms with van der Waals surface area (Å²) < 4.78 is 39.1. The van der Waals surface area contributed by atoms with Gasteiger partial charge in [0, 0.05) is 16.6 Å². The summed E-state index contributed by atoms with van der Waals surface area (Å²) in [6.45, 7) is 1.60. The number of thioether (sulfide) groups is 1. The van der Waals surface area contributed by atoms with Gasteiger partial charge in [-0.2, -0.15) is 0 Å². The molecule has 0 aliphatic heterocycles. The SMILES string of the molecule is C[C@H](Sc1ccc(F)cc1F)C(=O)Nc1ccc(F)cc1. The molecule has 0 saturated carbocycles.